The summed E-state index contributed by atoms with van der Waals surface area (Å²) in [5, 5.41) is 3.47. The molecule has 3 aromatic rings. The van der Waals surface area contributed by atoms with E-state index >= 15 is 0 Å². The van der Waals surface area contributed by atoms with Gasteiger partial charge in [0.15, 0.2) is 11.5 Å². The van der Waals surface area contributed by atoms with Crippen LogP contribution in [0.4, 0.5) is 11.4 Å². The summed E-state index contributed by atoms with van der Waals surface area (Å²) in [6, 6.07) is 17.8. The van der Waals surface area contributed by atoms with Crippen LogP contribution in [0.5, 0.6) is 11.5 Å². The number of nitrogens with zero attached hydrogens (tertiary/aromatic N) is 2. The number of aromatic nitrogens is 1. The topological polar surface area (TPSA) is 63.7 Å². The number of rotatable bonds is 6. The summed E-state index contributed by atoms with van der Waals surface area (Å²) in [6.45, 7) is 5.38. The van der Waals surface area contributed by atoms with E-state index in [0.717, 1.165) is 29.2 Å². The second-order valence-corrected chi connectivity index (χ2v) is 8.19. The molecule has 1 atom stereocenters. The van der Waals surface area contributed by atoms with Crippen LogP contribution in [0.25, 0.3) is 0 Å². The zero-order valence-electron chi connectivity index (χ0n) is 19.0. The van der Waals surface area contributed by atoms with Crippen LogP contribution in [0.3, 0.4) is 0 Å². The molecular formula is C26H29N3O3. The van der Waals surface area contributed by atoms with Crippen molar-refractivity contribution in [3.8, 4) is 11.5 Å². The lowest BCUT2D eigenvalue weighted by atomic mass is 10.0. The Morgan fingerprint density at radius 1 is 1.03 bits per heavy atom. The molecule has 1 N–H and O–H groups in total. The van der Waals surface area contributed by atoms with E-state index in [1.54, 1.807) is 26.4 Å². The SMILES string of the molecule is COc1cccc(C(=O)N2CC[C@@H](c3cc(Nc4ccc(C)cc4)cc(C)n3)C2)c1OC. The third kappa shape index (κ3) is 4.54. The van der Waals surface area contributed by atoms with E-state index in [0.29, 0.717) is 30.2 Å². The fourth-order valence-corrected chi connectivity index (χ4v) is 4.19. The molecule has 32 heavy (non-hydrogen) atoms. The predicted octanol–water partition coefficient (Wildman–Crippen LogP) is 5.09. The van der Waals surface area contributed by atoms with Gasteiger partial charge in [-0.25, -0.2) is 0 Å². The molecule has 6 heteroatoms. The number of methoxy groups -OCH3 is 2. The van der Waals surface area contributed by atoms with Gasteiger partial charge in [0.2, 0.25) is 0 Å². The van der Waals surface area contributed by atoms with E-state index in [1.165, 1.54) is 5.56 Å². The minimum absolute atomic E-state index is 0.0473. The standard InChI is InChI=1S/C26H29N3O3/c1-17-8-10-20(11-9-17)28-21-14-18(2)27-23(15-21)19-12-13-29(16-19)26(30)22-6-5-7-24(31-3)25(22)32-4/h5-11,14-15,19H,12-13,16H2,1-4H3,(H,27,28)/t19-/m1/s1. The predicted molar refractivity (Wildman–Crippen MR) is 126 cm³/mol. The number of nitrogens with one attached hydrogen (secondary N) is 1. The molecular weight excluding hydrogens is 402 g/mol. The Kier molecular flexibility index (Phi) is 6.30. The Morgan fingerprint density at radius 2 is 1.81 bits per heavy atom. The summed E-state index contributed by atoms with van der Waals surface area (Å²) in [6.07, 6.45) is 0.873. The van der Waals surface area contributed by atoms with Crippen LogP contribution in [0, 0.1) is 13.8 Å². The van der Waals surface area contributed by atoms with Crippen molar-refractivity contribution < 1.29 is 14.3 Å². The normalized spacial score (nSPS) is 15.5. The maximum absolute atomic E-state index is 13.2. The van der Waals surface area contributed by atoms with Gasteiger partial charge < -0.3 is 19.7 Å². The van der Waals surface area contributed by atoms with Crippen LogP contribution in [0.1, 0.15) is 39.6 Å². The van der Waals surface area contributed by atoms with Gasteiger partial charge in [-0.3, -0.25) is 9.78 Å². The summed E-state index contributed by atoms with van der Waals surface area (Å²) < 4.78 is 10.8. The molecule has 6 nitrogen and oxygen atoms in total. The van der Waals surface area contributed by atoms with E-state index < -0.39 is 0 Å². The number of aryl methyl sites for hydroxylation is 2. The molecule has 1 aromatic heterocycles. The van der Waals surface area contributed by atoms with Crippen molar-refractivity contribution >= 4 is 17.3 Å². The molecule has 1 aliphatic rings. The summed E-state index contributed by atoms with van der Waals surface area (Å²) in [5.74, 6) is 1.17. The van der Waals surface area contributed by atoms with E-state index in [2.05, 4.69) is 42.6 Å². The van der Waals surface area contributed by atoms with Crippen molar-refractivity contribution in [1.82, 2.24) is 9.88 Å². The van der Waals surface area contributed by atoms with E-state index in [9.17, 15) is 4.79 Å². The van der Waals surface area contributed by atoms with Gasteiger partial charge in [0.1, 0.15) is 0 Å². The first-order chi connectivity index (χ1) is 15.5. The Bertz CT molecular complexity index is 1110. The number of hydrogen-bond acceptors (Lipinski definition) is 5. The number of para-hydroxylation sites is 1. The maximum atomic E-state index is 13.2. The quantitative estimate of drug-likeness (QED) is 0.589. The second kappa shape index (κ2) is 9.30. The van der Waals surface area contributed by atoms with Crippen LogP contribution < -0.4 is 14.8 Å². The highest BCUT2D eigenvalue weighted by atomic mass is 16.5. The fourth-order valence-electron chi connectivity index (χ4n) is 4.19. The van der Waals surface area contributed by atoms with Crippen LogP contribution in [0.2, 0.25) is 0 Å². The molecule has 0 aliphatic carbocycles. The fraction of sp³-hybridized carbons (Fsp3) is 0.308. The van der Waals surface area contributed by atoms with Gasteiger partial charge in [-0.15, -0.1) is 0 Å². The van der Waals surface area contributed by atoms with Crippen molar-refractivity contribution in [3.05, 3.63) is 77.1 Å². The van der Waals surface area contributed by atoms with E-state index in [-0.39, 0.29) is 11.8 Å². The molecule has 1 amide bonds. The number of hydrogen-bond donors (Lipinski definition) is 1. The minimum atomic E-state index is -0.0473. The zero-order valence-corrected chi connectivity index (χ0v) is 19.0. The number of benzene rings is 2. The summed E-state index contributed by atoms with van der Waals surface area (Å²) in [7, 11) is 3.13. The largest absolute Gasteiger partial charge is 0.493 e. The van der Waals surface area contributed by atoms with Crippen LogP contribution in [-0.4, -0.2) is 43.1 Å². The van der Waals surface area contributed by atoms with E-state index in [1.807, 2.05) is 24.0 Å². The Labute approximate surface area is 189 Å². The van der Waals surface area contributed by atoms with Crippen LogP contribution >= 0.6 is 0 Å². The van der Waals surface area contributed by atoms with Crippen LogP contribution in [0.15, 0.2) is 54.6 Å². The van der Waals surface area contributed by atoms with Crippen molar-refractivity contribution in [1.29, 1.82) is 0 Å². The van der Waals surface area contributed by atoms with Crippen molar-refractivity contribution in [3.63, 3.8) is 0 Å². The van der Waals surface area contributed by atoms with Gasteiger partial charge in [0.05, 0.1) is 19.8 Å². The zero-order chi connectivity index (χ0) is 22.7. The molecule has 1 fully saturated rings. The second-order valence-electron chi connectivity index (χ2n) is 8.19. The number of pyridine rings is 1. The summed E-state index contributed by atoms with van der Waals surface area (Å²) in [4.78, 5) is 19.9. The van der Waals surface area contributed by atoms with Gasteiger partial charge in [-0.1, -0.05) is 23.8 Å². The van der Waals surface area contributed by atoms with Gasteiger partial charge in [-0.05, 0) is 56.7 Å². The Hall–Kier alpha value is -3.54. The molecule has 0 spiro atoms. The minimum Gasteiger partial charge on any atom is -0.493 e. The maximum Gasteiger partial charge on any atom is 0.257 e. The lowest BCUT2D eigenvalue weighted by Crippen LogP contribution is -2.29. The molecule has 2 aromatic carbocycles. The highest BCUT2D eigenvalue weighted by Crippen LogP contribution is 2.34. The van der Waals surface area contributed by atoms with Gasteiger partial charge in [0, 0.05) is 41.8 Å². The average Bonchev–Trinajstić information content (AvgIpc) is 3.29. The molecule has 4 rings (SSSR count). The summed E-state index contributed by atoms with van der Waals surface area (Å²) >= 11 is 0. The third-order valence-electron chi connectivity index (χ3n) is 5.84. The van der Waals surface area contributed by atoms with Crippen molar-refractivity contribution in [2.75, 3.05) is 32.6 Å². The average molecular weight is 432 g/mol. The Balaban J connectivity index is 1.51. The lowest BCUT2D eigenvalue weighted by molar-refractivity contribution is 0.0786. The summed E-state index contributed by atoms with van der Waals surface area (Å²) in [5.41, 5.74) is 5.76. The first-order valence-electron chi connectivity index (χ1n) is 10.8. The first-order valence-corrected chi connectivity index (χ1v) is 10.8. The van der Waals surface area contributed by atoms with Gasteiger partial charge in [-0.2, -0.15) is 0 Å². The van der Waals surface area contributed by atoms with Gasteiger partial charge >= 0.3 is 0 Å². The monoisotopic (exact) mass is 431 g/mol. The number of amides is 1. The molecule has 0 saturated carbocycles. The smallest absolute Gasteiger partial charge is 0.257 e. The number of carbonyl (C=O) groups excluding carboxylic acids is 1. The Morgan fingerprint density at radius 3 is 2.53 bits per heavy atom. The van der Waals surface area contributed by atoms with Gasteiger partial charge in [0.25, 0.3) is 5.91 Å². The van der Waals surface area contributed by atoms with E-state index in [4.69, 9.17) is 14.5 Å². The first kappa shape index (κ1) is 21.7. The number of ether oxygens (including phenoxy) is 2. The number of carbonyl (C=O) groups is 1. The number of anilines is 2. The molecule has 1 aliphatic heterocycles. The van der Waals surface area contributed by atoms with Crippen molar-refractivity contribution in [2.24, 2.45) is 0 Å². The third-order valence-corrected chi connectivity index (χ3v) is 5.84. The van der Waals surface area contributed by atoms with Crippen molar-refractivity contribution in [2.45, 2.75) is 26.2 Å². The van der Waals surface area contributed by atoms with Crippen LogP contribution in [-0.2, 0) is 0 Å². The number of likely N-dealkylation sites (tertiary alicyclic amines) is 1. The molecule has 0 radical (unpaired) electrons. The lowest BCUT2D eigenvalue weighted by Gasteiger charge is -2.19. The molecule has 0 unspecified atom stereocenters. The molecule has 1 saturated heterocycles. The molecule has 166 valence electrons. The molecule has 2 heterocycles. The molecule has 0 bridgehead atoms. The highest BCUT2D eigenvalue weighted by Gasteiger charge is 2.31. The highest BCUT2D eigenvalue weighted by molar-refractivity contribution is 5.98.